The summed E-state index contributed by atoms with van der Waals surface area (Å²) in [7, 11) is 4.67. The fourth-order valence-electron chi connectivity index (χ4n) is 3.43. The highest BCUT2D eigenvalue weighted by molar-refractivity contribution is 7.99. The number of nitrogens with zero attached hydrogens (tertiary/aromatic N) is 1. The fraction of sp³-hybridized carbons (Fsp3) is 0.708. The molecule has 0 spiro atoms. The summed E-state index contributed by atoms with van der Waals surface area (Å²) in [6, 6.07) is 6.17. The molecule has 0 N–H and O–H groups in total. The summed E-state index contributed by atoms with van der Waals surface area (Å²) in [5, 5.41) is 0. The van der Waals surface area contributed by atoms with E-state index in [0.717, 1.165) is 39.1 Å². The van der Waals surface area contributed by atoms with Gasteiger partial charge in [-0.15, -0.1) is 11.8 Å². The normalized spacial score (nSPS) is 11.3. The van der Waals surface area contributed by atoms with Gasteiger partial charge in [-0.1, -0.05) is 69.9 Å². The first-order chi connectivity index (χ1) is 13.0. The van der Waals surface area contributed by atoms with Gasteiger partial charge in [-0.25, -0.2) is 0 Å². The smallest absolute Gasteiger partial charge is 0.151 e. The number of aldehydes is 1. The minimum absolute atomic E-state index is 0. The Labute approximate surface area is 189 Å². The van der Waals surface area contributed by atoms with Crippen LogP contribution in [0.15, 0.2) is 23.1 Å². The average Bonchev–Trinajstić information content (AvgIpc) is 2.64. The Bertz CT molecular complexity index is 533. The Morgan fingerprint density at radius 1 is 0.893 bits per heavy atom. The molecule has 0 unspecified atom stereocenters. The standard InChI is InChI=1S/C24H42NOS.BrH/c1-5-6-7-8-9-10-11-12-13-14-17-25(3,4)18-19-27-24-16-15-22(2)20-23(24)21-26;/h15-16,20-21H,5-14,17-19H2,1-4H3;1H/q+1;/p-1. The largest absolute Gasteiger partial charge is 1.00 e. The zero-order valence-electron chi connectivity index (χ0n) is 18.6. The van der Waals surface area contributed by atoms with Crippen molar-refractivity contribution in [3.05, 3.63) is 29.3 Å². The van der Waals surface area contributed by atoms with Crippen LogP contribution in [0.3, 0.4) is 0 Å². The van der Waals surface area contributed by atoms with Gasteiger partial charge in [0.1, 0.15) is 0 Å². The van der Waals surface area contributed by atoms with Gasteiger partial charge in [-0.3, -0.25) is 4.79 Å². The Morgan fingerprint density at radius 3 is 2.04 bits per heavy atom. The van der Waals surface area contributed by atoms with Gasteiger partial charge < -0.3 is 21.5 Å². The monoisotopic (exact) mass is 471 g/mol. The number of halogens is 1. The number of unbranched alkanes of at least 4 members (excludes halogenated alkanes) is 9. The lowest BCUT2D eigenvalue weighted by atomic mass is 10.1. The molecule has 0 radical (unpaired) electrons. The molecule has 0 fully saturated rings. The van der Waals surface area contributed by atoms with Crippen molar-refractivity contribution in [2.75, 3.05) is 32.9 Å². The van der Waals surface area contributed by atoms with Gasteiger partial charge in [-0.05, 0) is 31.9 Å². The van der Waals surface area contributed by atoms with Gasteiger partial charge >= 0.3 is 0 Å². The highest BCUT2D eigenvalue weighted by atomic mass is 79.9. The number of carbonyl (C=O) groups excluding carboxylic acids is 1. The zero-order valence-corrected chi connectivity index (χ0v) is 21.0. The zero-order chi connectivity index (χ0) is 20.0. The number of benzene rings is 1. The molecule has 0 saturated heterocycles. The molecule has 1 rings (SSSR count). The van der Waals surface area contributed by atoms with E-state index in [0.29, 0.717) is 0 Å². The summed E-state index contributed by atoms with van der Waals surface area (Å²) in [4.78, 5) is 12.4. The molecule has 0 saturated carbocycles. The molecule has 0 aliphatic heterocycles. The molecule has 1 aromatic rings. The van der Waals surface area contributed by atoms with Crippen LogP contribution in [0.4, 0.5) is 0 Å². The van der Waals surface area contributed by atoms with Gasteiger partial charge in [0.25, 0.3) is 0 Å². The van der Waals surface area contributed by atoms with Crippen molar-refractivity contribution in [1.29, 1.82) is 0 Å². The number of carbonyl (C=O) groups is 1. The molecular weight excluding hydrogens is 430 g/mol. The van der Waals surface area contributed by atoms with E-state index in [9.17, 15) is 4.79 Å². The first-order valence-electron chi connectivity index (χ1n) is 11.0. The van der Waals surface area contributed by atoms with E-state index < -0.39 is 0 Å². The van der Waals surface area contributed by atoms with Gasteiger partial charge in [0.2, 0.25) is 0 Å². The molecule has 1 aromatic carbocycles. The second-order valence-corrected chi connectivity index (χ2v) is 9.71. The highest BCUT2D eigenvalue weighted by Crippen LogP contribution is 2.23. The van der Waals surface area contributed by atoms with Crippen LogP contribution in [-0.2, 0) is 0 Å². The summed E-state index contributed by atoms with van der Waals surface area (Å²) in [6.45, 7) is 6.72. The van der Waals surface area contributed by atoms with Crippen LogP contribution < -0.4 is 17.0 Å². The van der Waals surface area contributed by atoms with Gasteiger partial charge in [0, 0.05) is 16.2 Å². The Balaban J connectivity index is 0.00000729. The molecule has 0 aromatic heterocycles. The van der Waals surface area contributed by atoms with Crippen LogP contribution in [0.5, 0.6) is 0 Å². The highest BCUT2D eigenvalue weighted by Gasteiger charge is 2.14. The molecule has 28 heavy (non-hydrogen) atoms. The second kappa shape index (κ2) is 16.5. The number of aryl methyl sites for hydroxylation is 1. The molecule has 4 heteroatoms. The van der Waals surface area contributed by atoms with Crippen LogP contribution in [0, 0.1) is 6.92 Å². The Kier molecular flexibility index (Phi) is 16.3. The molecule has 162 valence electrons. The summed E-state index contributed by atoms with van der Waals surface area (Å²) in [5.41, 5.74) is 1.98. The van der Waals surface area contributed by atoms with E-state index in [2.05, 4.69) is 33.2 Å². The lowest BCUT2D eigenvalue weighted by Gasteiger charge is -2.29. The van der Waals surface area contributed by atoms with Crippen molar-refractivity contribution < 1.29 is 26.3 Å². The summed E-state index contributed by atoms with van der Waals surface area (Å²) < 4.78 is 1.08. The van der Waals surface area contributed by atoms with E-state index >= 15 is 0 Å². The van der Waals surface area contributed by atoms with Gasteiger partial charge in [0.05, 0.1) is 27.2 Å². The quantitative estimate of drug-likeness (QED) is 0.157. The lowest BCUT2D eigenvalue weighted by Crippen LogP contribution is -3.00. The number of hydrogen-bond acceptors (Lipinski definition) is 2. The van der Waals surface area contributed by atoms with E-state index in [1.54, 1.807) is 0 Å². The minimum atomic E-state index is 0. The molecule has 2 nitrogen and oxygen atoms in total. The van der Waals surface area contributed by atoms with Gasteiger partial charge in [-0.2, -0.15) is 0 Å². The number of thioether (sulfide) groups is 1. The molecule has 0 bridgehead atoms. The predicted octanol–water partition coefficient (Wildman–Crippen LogP) is 3.90. The van der Waals surface area contributed by atoms with Crippen molar-refractivity contribution in [2.24, 2.45) is 0 Å². The lowest BCUT2D eigenvalue weighted by molar-refractivity contribution is -0.888. The van der Waals surface area contributed by atoms with Crippen molar-refractivity contribution in [3.63, 3.8) is 0 Å². The van der Waals surface area contributed by atoms with Crippen LogP contribution in [0.25, 0.3) is 0 Å². The second-order valence-electron chi connectivity index (χ2n) is 8.57. The van der Waals surface area contributed by atoms with Crippen molar-refractivity contribution >= 4 is 18.0 Å². The molecular formula is C24H42BrNOS. The van der Waals surface area contributed by atoms with Crippen LogP contribution in [0.2, 0.25) is 0 Å². The number of hydrogen-bond donors (Lipinski definition) is 0. The third-order valence-corrected chi connectivity index (χ3v) is 6.43. The van der Waals surface area contributed by atoms with Crippen LogP contribution in [-0.4, -0.2) is 43.7 Å². The third-order valence-electron chi connectivity index (χ3n) is 5.36. The van der Waals surface area contributed by atoms with Crippen LogP contribution in [0.1, 0.15) is 87.1 Å². The topological polar surface area (TPSA) is 17.1 Å². The van der Waals surface area contributed by atoms with Crippen molar-refractivity contribution in [3.8, 4) is 0 Å². The molecule has 0 heterocycles. The molecule has 0 amide bonds. The van der Waals surface area contributed by atoms with Gasteiger partial charge in [0.15, 0.2) is 6.29 Å². The SMILES string of the molecule is CCCCCCCCCCCC[N+](C)(C)CCSc1ccc(C)cc1C=O.[Br-]. The van der Waals surface area contributed by atoms with Crippen LogP contribution >= 0.6 is 11.8 Å². The summed E-state index contributed by atoms with van der Waals surface area (Å²) in [5.74, 6) is 1.06. The first-order valence-corrected chi connectivity index (χ1v) is 12.0. The summed E-state index contributed by atoms with van der Waals surface area (Å²) >= 11 is 1.82. The van der Waals surface area contributed by atoms with E-state index in [1.165, 1.54) is 70.8 Å². The minimum Gasteiger partial charge on any atom is -1.00 e. The number of quaternary nitrogens is 1. The first kappa shape index (κ1) is 27.7. The maximum absolute atomic E-state index is 11.2. The van der Waals surface area contributed by atoms with Crippen molar-refractivity contribution in [2.45, 2.75) is 83.0 Å². The average molecular weight is 473 g/mol. The number of rotatable bonds is 16. The van der Waals surface area contributed by atoms with E-state index in [1.807, 2.05) is 24.8 Å². The molecule has 0 aliphatic rings. The maximum Gasteiger partial charge on any atom is 0.151 e. The molecule has 0 aliphatic carbocycles. The Morgan fingerprint density at radius 2 is 1.46 bits per heavy atom. The third kappa shape index (κ3) is 13.0. The van der Waals surface area contributed by atoms with Crippen molar-refractivity contribution in [1.82, 2.24) is 0 Å². The fourth-order valence-corrected chi connectivity index (χ4v) is 4.68. The predicted molar refractivity (Wildman–Crippen MR) is 121 cm³/mol. The maximum atomic E-state index is 11.2. The summed E-state index contributed by atoms with van der Waals surface area (Å²) in [6.07, 6.45) is 15.0. The molecule has 0 atom stereocenters. The Hall–Kier alpha value is -0.320. The van der Waals surface area contributed by atoms with E-state index in [-0.39, 0.29) is 17.0 Å². The van der Waals surface area contributed by atoms with E-state index in [4.69, 9.17) is 0 Å².